The summed E-state index contributed by atoms with van der Waals surface area (Å²) in [6.07, 6.45) is 0. The van der Waals surface area contributed by atoms with E-state index in [0.717, 1.165) is 11.5 Å². The van der Waals surface area contributed by atoms with Crippen molar-refractivity contribution in [3.63, 3.8) is 0 Å². The fourth-order valence-corrected chi connectivity index (χ4v) is 8.51. The van der Waals surface area contributed by atoms with Crippen molar-refractivity contribution >= 4 is 29.1 Å². The first-order valence-electron chi connectivity index (χ1n) is 17.6. The van der Waals surface area contributed by atoms with E-state index >= 15 is 0 Å². The molecule has 48 heavy (non-hydrogen) atoms. The van der Waals surface area contributed by atoms with E-state index in [4.69, 9.17) is 4.74 Å². The van der Waals surface area contributed by atoms with Crippen molar-refractivity contribution in [1.82, 2.24) is 0 Å². The van der Waals surface area contributed by atoms with Crippen LogP contribution in [0.5, 0.6) is 11.5 Å². The number of anilines is 2. The van der Waals surface area contributed by atoms with Gasteiger partial charge in [-0.15, -0.1) is 0 Å². The van der Waals surface area contributed by atoms with Crippen LogP contribution in [0.1, 0.15) is 108 Å². The van der Waals surface area contributed by atoms with Gasteiger partial charge in [0.05, 0.1) is 0 Å². The van der Waals surface area contributed by atoms with E-state index in [2.05, 4.69) is 172 Å². The van der Waals surface area contributed by atoms with Gasteiger partial charge < -0.3 is 9.55 Å². The van der Waals surface area contributed by atoms with Crippen molar-refractivity contribution in [2.24, 2.45) is 0 Å². The molecule has 0 unspecified atom stereocenters. The Labute approximate surface area is 288 Å². The van der Waals surface area contributed by atoms with E-state index < -0.39 is 0 Å². The molecule has 0 bridgehead atoms. The third-order valence-corrected chi connectivity index (χ3v) is 11.5. The average Bonchev–Trinajstić information content (AvgIpc) is 3.02. The van der Waals surface area contributed by atoms with Crippen LogP contribution in [0.15, 0.2) is 91.0 Å². The highest BCUT2D eigenvalue weighted by molar-refractivity contribution is 6.91. The Morgan fingerprint density at radius 3 is 1.98 bits per heavy atom. The van der Waals surface area contributed by atoms with E-state index in [1.807, 2.05) is 0 Å². The van der Waals surface area contributed by atoms with Crippen LogP contribution in [0.25, 0.3) is 11.1 Å². The summed E-state index contributed by atoms with van der Waals surface area (Å²) in [6.45, 7) is 25.7. The number of hydrogen-bond donors (Lipinski definition) is 0. The Kier molecular flexibility index (Phi) is 6.41. The van der Waals surface area contributed by atoms with Crippen LogP contribution in [0.3, 0.4) is 0 Å². The number of fused-ring (bicyclic) bond motifs is 6. The van der Waals surface area contributed by atoms with Crippen LogP contribution in [0.4, 0.5) is 11.4 Å². The van der Waals surface area contributed by atoms with Gasteiger partial charge in [0.1, 0.15) is 11.5 Å². The van der Waals surface area contributed by atoms with Crippen molar-refractivity contribution in [2.75, 3.05) is 4.81 Å². The number of nitrogens with zero attached hydrogens (tertiary/aromatic N) is 1. The van der Waals surface area contributed by atoms with Gasteiger partial charge in [0, 0.05) is 38.9 Å². The molecule has 2 nitrogen and oxygen atoms in total. The molecule has 8 rings (SSSR count). The van der Waals surface area contributed by atoms with Crippen molar-refractivity contribution in [3.8, 4) is 22.6 Å². The number of aryl methyl sites for hydroxylation is 1. The first-order valence-corrected chi connectivity index (χ1v) is 17.6. The minimum atomic E-state index is -0.184. The van der Waals surface area contributed by atoms with Crippen molar-refractivity contribution in [2.45, 2.75) is 97.8 Å². The molecule has 5 aromatic carbocycles. The number of ether oxygens (including phenoxy) is 1. The minimum absolute atomic E-state index is 0.0136. The van der Waals surface area contributed by atoms with Crippen molar-refractivity contribution in [1.29, 1.82) is 0 Å². The molecular formula is C45H48BNO. The third-order valence-electron chi connectivity index (χ3n) is 11.5. The van der Waals surface area contributed by atoms with Crippen molar-refractivity contribution in [3.05, 3.63) is 130 Å². The maximum Gasteiger partial charge on any atom is 0.328 e. The molecule has 0 aromatic heterocycles. The smallest absolute Gasteiger partial charge is 0.328 e. The topological polar surface area (TPSA) is 12.5 Å². The summed E-state index contributed by atoms with van der Waals surface area (Å²) >= 11 is 0. The molecule has 0 fully saturated rings. The van der Waals surface area contributed by atoms with Gasteiger partial charge in [-0.05, 0) is 80.8 Å². The highest BCUT2D eigenvalue weighted by Crippen LogP contribution is 2.56. The molecule has 0 spiro atoms. The zero-order valence-electron chi connectivity index (χ0n) is 30.6. The van der Waals surface area contributed by atoms with Crippen LogP contribution in [0.2, 0.25) is 0 Å². The predicted molar refractivity (Wildman–Crippen MR) is 205 cm³/mol. The Bertz CT molecular complexity index is 2160. The normalized spacial score (nSPS) is 16.6. The molecule has 0 aliphatic carbocycles. The zero-order chi connectivity index (χ0) is 34.1. The van der Waals surface area contributed by atoms with Gasteiger partial charge in [-0.25, -0.2) is 0 Å². The molecule has 3 aliphatic rings. The molecule has 0 radical (unpaired) electrons. The maximum atomic E-state index is 6.72. The summed E-state index contributed by atoms with van der Waals surface area (Å²) in [6, 6.07) is 34.9. The number of para-hydroxylation sites is 1. The highest BCUT2D eigenvalue weighted by atomic mass is 16.5. The van der Waals surface area contributed by atoms with E-state index in [-0.39, 0.29) is 28.5 Å². The third kappa shape index (κ3) is 4.39. The quantitative estimate of drug-likeness (QED) is 0.171. The SMILES string of the molecule is Cc1ccc2c(c1)-c1cc(C(C)(C)C)cc3c1N(B2c1ccc2c(c1)Oc1ccccc1C2(C)C)c1ccc(C(C)(C)C)cc1C3(C)C. The summed E-state index contributed by atoms with van der Waals surface area (Å²) in [5, 5.41) is 0. The van der Waals surface area contributed by atoms with Crippen LogP contribution in [0, 0.1) is 6.92 Å². The van der Waals surface area contributed by atoms with E-state index in [0.29, 0.717) is 0 Å². The average molecular weight is 630 g/mol. The van der Waals surface area contributed by atoms with Crippen LogP contribution in [-0.4, -0.2) is 6.85 Å². The molecule has 0 saturated carbocycles. The molecule has 5 aromatic rings. The number of rotatable bonds is 1. The minimum Gasteiger partial charge on any atom is -0.457 e. The summed E-state index contributed by atoms with van der Waals surface area (Å²) in [7, 11) is 0. The Hall–Kier alpha value is -4.24. The molecule has 0 saturated heterocycles. The Morgan fingerprint density at radius 2 is 1.25 bits per heavy atom. The number of hydrogen-bond acceptors (Lipinski definition) is 2. The second kappa shape index (κ2) is 9.91. The molecule has 3 heteroatoms. The lowest BCUT2D eigenvalue weighted by Gasteiger charge is -2.49. The maximum absolute atomic E-state index is 6.72. The lowest BCUT2D eigenvalue weighted by molar-refractivity contribution is 0.418. The summed E-state index contributed by atoms with van der Waals surface area (Å²) in [4.78, 5) is 2.67. The fourth-order valence-electron chi connectivity index (χ4n) is 8.51. The molecule has 3 aliphatic heterocycles. The van der Waals surface area contributed by atoms with Gasteiger partial charge in [0.25, 0.3) is 0 Å². The lowest BCUT2D eigenvalue weighted by atomic mass is 9.44. The monoisotopic (exact) mass is 629 g/mol. The van der Waals surface area contributed by atoms with Gasteiger partial charge in [-0.2, -0.15) is 0 Å². The zero-order valence-corrected chi connectivity index (χ0v) is 30.6. The summed E-state index contributed by atoms with van der Waals surface area (Å²) < 4.78 is 6.72. The van der Waals surface area contributed by atoms with Gasteiger partial charge in [0.15, 0.2) is 0 Å². The second-order valence-electron chi connectivity index (χ2n) is 17.6. The van der Waals surface area contributed by atoms with E-state index in [1.165, 1.54) is 72.4 Å². The summed E-state index contributed by atoms with van der Waals surface area (Å²) in [5.41, 5.74) is 16.9. The second-order valence-corrected chi connectivity index (χ2v) is 17.6. The largest absolute Gasteiger partial charge is 0.457 e. The number of benzene rings is 5. The van der Waals surface area contributed by atoms with E-state index in [1.54, 1.807) is 0 Å². The van der Waals surface area contributed by atoms with Gasteiger partial charge in [-0.1, -0.05) is 142 Å². The van der Waals surface area contributed by atoms with Crippen LogP contribution < -0.4 is 20.5 Å². The first-order chi connectivity index (χ1) is 22.5. The fraction of sp³-hybridized carbons (Fsp3) is 0.333. The summed E-state index contributed by atoms with van der Waals surface area (Å²) in [5.74, 6) is 1.91. The molecule has 0 N–H and O–H groups in total. The molecule has 242 valence electrons. The predicted octanol–water partition coefficient (Wildman–Crippen LogP) is 10.6. The Balaban J connectivity index is 1.44. The van der Waals surface area contributed by atoms with Crippen molar-refractivity contribution < 1.29 is 4.74 Å². The molecule has 3 heterocycles. The Morgan fingerprint density at radius 1 is 0.583 bits per heavy atom. The molecular weight excluding hydrogens is 581 g/mol. The van der Waals surface area contributed by atoms with Gasteiger partial charge >= 0.3 is 6.85 Å². The lowest BCUT2D eigenvalue weighted by Crippen LogP contribution is -2.59. The van der Waals surface area contributed by atoms with Gasteiger partial charge in [0.2, 0.25) is 0 Å². The van der Waals surface area contributed by atoms with Crippen LogP contribution in [-0.2, 0) is 21.7 Å². The molecule has 0 atom stereocenters. The van der Waals surface area contributed by atoms with Gasteiger partial charge in [-0.3, -0.25) is 0 Å². The standard InChI is InChI=1S/C45H48BNO/c1-27-16-20-37-31(22-27)32-23-29(43(5,6)7)25-36-41(32)47(38-21-17-28(42(2,3)4)24-35(38)45(36,10)11)46(37)30-18-19-34-40(26-30)48-39-15-13-12-14-33(39)44(34,8)9/h12-26H,1-11H3. The molecule has 0 amide bonds. The first kappa shape index (κ1) is 31.1. The van der Waals surface area contributed by atoms with Crippen LogP contribution >= 0.6 is 0 Å². The highest BCUT2D eigenvalue weighted by Gasteiger charge is 2.47. The van der Waals surface area contributed by atoms with E-state index in [9.17, 15) is 0 Å².